The van der Waals surface area contributed by atoms with Gasteiger partial charge >= 0.3 is 0 Å². The van der Waals surface area contributed by atoms with E-state index in [0.717, 1.165) is 40.4 Å². The Morgan fingerprint density at radius 3 is 2.28 bits per heavy atom. The van der Waals surface area contributed by atoms with E-state index >= 15 is 0 Å². The molecule has 6 rings (SSSR count). The number of hydrogen-bond acceptors (Lipinski definition) is 2. The van der Waals surface area contributed by atoms with E-state index in [-0.39, 0.29) is 17.1 Å². The van der Waals surface area contributed by atoms with Crippen LogP contribution < -0.4 is 5.32 Å². The molecule has 4 saturated carbocycles. The molecule has 4 nitrogen and oxygen atoms in total. The summed E-state index contributed by atoms with van der Waals surface area (Å²) in [7, 11) is 0. The predicted octanol–water partition coefficient (Wildman–Crippen LogP) is 5.23. The standard InChI is InChI=1S/C24H30FN3O/c1-15-23(16(2)28(27-15)14-17-3-5-21(25)6-4-17)26-22(29)13-24-10-18-7-19(11-24)9-20(8-18)12-24/h3-6,18-20H,7-14H2,1-2H3,(H,26,29). The third kappa shape index (κ3) is 3.60. The maximum Gasteiger partial charge on any atom is 0.225 e. The van der Waals surface area contributed by atoms with Gasteiger partial charge in [-0.2, -0.15) is 5.10 Å². The van der Waals surface area contributed by atoms with Crippen molar-refractivity contribution in [3.05, 3.63) is 47.0 Å². The summed E-state index contributed by atoms with van der Waals surface area (Å²) in [5.74, 6) is 2.47. The van der Waals surface area contributed by atoms with E-state index in [0.29, 0.717) is 13.0 Å². The summed E-state index contributed by atoms with van der Waals surface area (Å²) in [5, 5.41) is 7.80. The van der Waals surface area contributed by atoms with Crippen molar-refractivity contribution >= 4 is 11.6 Å². The summed E-state index contributed by atoms with van der Waals surface area (Å²) in [6, 6.07) is 6.48. The number of nitrogens with one attached hydrogen (secondary N) is 1. The number of halogens is 1. The largest absolute Gasteiger partial charge is 0.323 e. The maximum atomic E-state index is 13.2. The van der Waals surface area contributed by atoms with Crippen molar-refractivity contribution in [2.24, 2.45) is 23.2 Å². The number of aryl methyl sites for hydroxylation is 1. The fourth-order valence-corrected chi connectivity index (χ4v) is 6.83. The summed E-state index contributed by atoms with van der Waals surface area (Å²) in [6.45, 7) is 4.50. The second-order valence-corrected chi connectivity index (χ2v) is 9.97. The summed E-state index contributed by atoms with van der Waals surface area (Å²) < 4.78 is 15.0. The molecule has 0 atom stereocenters. The third-order valence-corrected chi connectivity index (χ3v) is 7.59. The van der Waals surface area contributed by atoms with Gasteiger partial charge < -0.3 is 5.32 Å². The Hall–Kier alpha value is -2.17. The van der Waals surface area contributed by atoms with Crippen LogP contribution in [-0.2, 0) is 11.3 Å². The Morgan fingerprint density at radius 1 is 1.10 bits per heavy atom. The van der Waals surface area contributed by atoms with Crippen LogP contribution in [0.2, 0.25) is 0 Å². The van der Waals surface area contributed by atoms with E-state index in [1.54, 1.807) is 12.1 Å². The van der Waals surface area contributed by atoms with Gasteiger partial charge in [-0.1, -0.05) is 12.1 Å². The van der Waals surface area contributed by atoms with Crippen LogP contribution in [0.4, 0.5) is 10.1 Å². The van der Waals surface area contributed by atoms with Gasteiger partial charge in [0.15, 0.2) is 0 Å². The third-order valence-electron chi connectivity index (χ3n) is 7.59. The second-order valence-electron chi connectivity index (χ2n) is 9.97. The van der Waals surface area contributed by atoms with Crippen molar-refractivity contribution < 1.29 is 9.18 Å². The minimum Gasteiger partial charge on any atom is -0.323 e. The van der Waals surface area contributed by atoms with Crippen LogP contribution in [0.5, 0.6) is 0 Å². The van der Waals surface area contributed by atoms with Crippen LogP contribution in [0.3, 0.4) is 0 Å². The zero-order chi connectivity index (χ0) is 20.2. The second kappa shape index (κ2) is 6.96. The van der Waals surface area contributed by atoms with Crippen LogP contribution in [0.25, 0.3) is 0 Å². The maximum absolute atomic E-state index is 13.2. The van der Waals surface area contributed by atoms with Gasteiger partial charge in [0.25, 0.3) is 0 Å². The van der Waals surface area contributed by atoms with Crippen molar-refractivity contribution in [3.63, 3.8) is 0 Å². The molecule has 4 fully saturated rings. The number of aromatic nitrogens is 2. The highest BCUT2D eigenvalue weighted by atomic mass is 19.1. The number of benzene rings is 1. The highest BCUT2D eigenvalue weighted by Gasteiger charge is 2.51. The summed E-state index contributed by atoms with van der Waals surface area (Å²) in [6.07, 6.45) is 8.58. The molecule has 4 aliphatic rings. The van der Waals surface area contributed by atoms with Crippen molar-refractivity contribution in [2.45, 2.75) is 65.3 Å². The quantitative estimate of drug-likeness (QED) is 0.753. The minimum absolute atomic E-state index is 0.138. The lowest BCUT2D eigenvalue weighted by Gasteiger charge is -2.56. The lowest BCUT2D eigenvalue weighted by atomic mass is 9.49. The lowest BCUT2D eigenvalue weighted by Crippen LogP contribution is -2.47. The van der Waals surface area contributed by atoms with Gasteiger partial charge in [-0.3, -0.25) is 9.48 Å². The first-order valence-corrected chi connectivity index (χ1v) is 11.0. The van der Waals surface area contributed by atoms with Gasteiger partial charge in [0.05, 0.1) is 23.6 Å². The van der Waals surface area contributed by atoms with E-state index in [2.05, 4.69) is 10.4 Å². The van der Waals surface area contributed by atoms with Crippen LogP contribution in [0, 0.1) is 42.8 Å². The van der Waals surface area contributed by atoms with E-state index in [1.807, 2.05) is 18.5 Å². The van der Waals surface area contributed by atoms with Crippen molar-refractivity contribution in [1.82, 2.24) is 9.78 Å². The highest BCUT2D eigenvalue weighted by molar-refractivity contribution is 5.92. The fourth-order valence-electron chi connectivity index (χ4n) is 6.83. The van der Waals surface area contributed by atoms with Gasteiger partial charge in [0, 0.05) is 6.42 Å². The van der Waals surface area contributed by atoms with Gasteiger partial charge in [0.1, 0.15) is 5.82 Å². The Labute approximate surface area is 171 Å². The molecular weight excluding hydrogens is 365 g/mol. The topological polar surface area (TPSA) is 46.9 Å². The normalized spacial score (nSPS) is 30.0. The molecule has 5 heteroatoms. The van der Waals surface area contributed by atoms with Crippen LogP contribution in [-0.4, -0.2) is 15.7 Å². The summed E-state index contributed by atoms with van der Waals surface area (Å²) in [4.78, 5) is 13.0. The number of carbonyl (C=O) groups excluding carboxylic acids is 1. The first-order chi connectivity index (χ1) is 13.9. The fraction of sp³-hybridized carbons (Fsp3) is 0.583. The number of anilines is 1. The van der Waals surface area contributed by atoms with Crippen molar-refractivity contribution in [2.75, 3.05) is 5.32 Å². The van der Waals surface area contributed by atoms with E-state index in [9.17, 15) is 9.18 Å². The van der Waals surface area contributed by atoms with Crippen molar-refractivity contribution in [3.8, 4) is 0 Å². The molecule has 1 amide bonds. The Bertz CT molecular complexity index is 895. The predicted molar refractivity (Wildman–Crippen MR) is 111 cm³/mol. The molecule has 0 saturated heterocycles. The van der Waals surface area contributed by atoms with Crippen molar-refractivity contribution in [1.29, 1.82) is 0 Å². The molecular formula is C24H30FN3O. The van der Waals surface area contributed by atoms with E-state index in [4.69, 9.17) is 0 Å². The van der Waals surface area contributed by atoms with Gasteiger partial charge in [-0.05, 0) is 93.2 Å². The number of rotatable bonds is 5. The molecule has 0 spiro atoms. The first-order valence-electron chi connectivity index (χ1n) is 11.0. The highest BCUT2D eigenvalue weighted by Crippen LogP contribution is 2.61. The molecule has 1 aromatic carbocycles. The zero-order valence-corrected chi connectivity index (χ0v) is 17.4. The Kier molecular flexibility index (Phi) is 4.52. The van der Waals surface area contributed by atoms with Gasteiger partial charge in [-0.15, -0.1) is 0 Å². The lowest BCUT2D eigenvalue weighted by molar-refractivity contribution is -0.124. The molecule has 0 unspecified atom stereocenters. The Morgan fingerprint density at radius 2 is 1.69 bits per heavy atom. The van der Waals surface area contributed by atoms with E-state index in [1.165, 1.54) is 50.7 Å². The molecule has 1 N–H and O–H groups in total. The number of nitrogens with zero attached hydrogens (tertiary/aromatic N) is 2. The first kappa shape index (κ1) is 18.8. The van der Waals surface area contributed by atoms with Gasteiger partial charge in [-0.25, -0.2) is 4.39 Å². The average Bonchev–Trinajstić information content (AvgIpc) is 2.89. The molecule has 2 aromatic rings. The average molecular weight is 396 g/mol. The molecule has 0 radical (unpaired) electrons. The summed E-state index contributed by atoms with van der Waals surface area (Å²) >= 11 is 0. The van der Waals surface area contributed by atoms with Crippen LogP contribution in [0.1, 0.15) is 61.9 Å². The van der Waals surface area contributed by atoms with Crippen LogP contribution >= 0.6 is 0 Å². The smallest absolute Gasteiger partial charge is 0.225 e. The van der Waals surface area contributed by atoms with Gasteiger partial charge in [0.2, 0.25) is 5.91 Å². The number of amides is 1. The molecule has 1 aromatic heterocycles. The monoisotopic (exact) mass is 395 g/mol. The van der Waals surface area contributed by atoms with Crippen LogP contribution in [0.15, 0.2) is 24.3 Å². The summed E-state index contributed by atoms with van der Waals surface area (Å²) in [5.41, 5.74) is 3.85. The number of carbonyl (C=O) groups is 1. The minimum atomic E-state index is -0.236. The molecule has 29 heavy (non-hydrogen) atoms. The zero-order valence-electron chi connectivity index (χ0n) is 17.4. The molecule has 4 aliphatic carbocycles. The van der Waals surface area contributed by atoms with E-state index < -0.39 is 0 Å². The SMILES string of the molecule is Cc1nn(Cc2ccc(F)cc2)c(C)c1NC(=O)CC12CC3CC(CC(C3)C1)C2. The number of hydrogen-bond donors (Lipinski definition) is 1. The molecule has 1 heterocycles. The molecule has 154 valence electrons. The molecule has 4 bridgehead atoms. The Balaban J connectivity index is 1.28. The molecule has 0 aliphatic heterocycles.